The third-order valence-corrected chi connectivity index (χ3v) is 7.36. The number of nitrogens with zero attached hydrogens (tertiary/aromatic N) is 6. The van der Waals surface area contributed by atoms with Gasteiger partial charge in [-0.25, -0.2) is 9.67 Å². The fourth-order valence-electron chi connectivity index (χ4n) is 5.57. The highest BCUT2D eigenvalue weighted by Crippen LogP contribution is 2.45. The van der Waals surface area contributed by atoms with Gasteiger partial charge in [0, 0.05) is 29.2 Å². The molecule has 4 heterocycles. The van der Waals surface area contributed by atoms with E-state index in [4.69, 9.17) is 16.7 Å². The maximum atomic E-state index is 13.7. The molecule has 1 amide bonds. The van der Waals surface area contributed by atoms with Crippen LogP contribution < -0.4 is 0 Å². The topological polar surface area (TPSA) is 68.8 Å². The van der Waals surface area contributed by atoms with Crippen LogP contribution in [0.2, 0.25) is 5.02 Å². The van der Waals surface area contributed by atoms with E-state index >= 15 is 0 Å². The summed E-state index contributed by atoms with van der Waals surface area (Å²) in [7, 11) is 1.89. The predicted octanol–water partition coefficient (Wildman–Crippen LogP) is 5.63. The van der Waals surface area contributed by atoms with Gasteiger partial charge in [-0.2, -0.15) is 18.3 Å². The van der Waals surface area contributed by atoms with Crippen molar-refractivity contribution in [3.63, 3.8) is 0 Å². The highest BCUT2D eigenvalue weighted by molar-refractivity contribution is 6.30. The number of fused-ring (bicyclic) bond motifs is 4. The molecule has 2 aromatic heterocycles. The van der Waals surface area contributed by atoms with Crippen LogP contribution in [-0.2, 0) is 19.6 Å². The number of piperidine rings is 1. The first-order valence-corrected chi connectivity index (χ1v) is 12.3. The van der Waals surface area contributed by atoms with Crippen LogP contribution in [0.1, 0.15) is 52.7 Å². The first-order valence-electron chi connectivity index (χ1n) is 11.9. The molecular formula is C26H22ClF3N6O. The zero-order valence-corrected chi connectivity index (χ0v) is 20.5. The Morgan fingerprint density at radius 1 is 1.08 bits per heavy atom. The summed E-state index contributed by atoms with van der Waals surface area (Å²) in [5.74, 6) is -0.398. The molecule has 11 heteroatoms. The summed E-state index contributed by atoms with van der Waals surface area (Å²) in [5.41, 5.74) is 3.33. The van der Waals surface area contributed by atoms with Crippen LogP contribution in [0.4, 0.5) is 13.2 Å². The fraction of sp³-hybridized carbons (Fsp3) is 0.308. The number of alkyl halides is 3. The average molecular weight is 527 g/mol. The third kappa shape index (κ3) is 4.09. The molecule has 0 radical (unpaired) electrons. The van der Waals surface area contributed by atoms with Gasteiger partial charge in [-0.1, -0.05) is 29.8 Å². The lowest BCUT2D eigenvalue weighted by Gasteiger charge is -2.44. The Hall–Kier alpha value is -3.66. The van der Waals surface area contributed by atoms with Crippen LogP contribution in [0, 0.1) is 0 Å². The van der Waals surface area contributed by atoms with E-state index in [1.54, 1.807) is 0 Å². The van der Waals surface area contributed by atoms with E-state index in [1.807, 2.05) is 40.9 Å². The Morgan fingerprint density at radius 2 is 1.89 bits per heavy atom. The summed E-state index contributed by atoms with van der Waals surface area (Å²) in [5, 5.41) is 9.71. The second-order valence-electron chi connectivity index (χ2n) is 9.42. The van der Waals surface area contributed by atoms with Crippen LogP contribution >= 0.6 is 11.6 Å². The summed E-state index contributed by atoms with van der Waals surface area (Å²) in [6.07, 6.45) is -0.0124. The number of hydrogen-bond donors (Lipinski definition) is 0. The quantitative estimate of drug-likeness (QED) is 0.347. The maximum Gasteiger partial charge on any atom is 0.416 e. The first kappa shape index (κ1) is 23.7. The molecule has 1 fully saturated rings. The second-order valence-corrected chi connectivity index (χ2v) is 9.86. The van der Waals surface area contributed by atoms with Crippen LogP contribution in [0.25, 0.3) is 16.9 Å². The number of benzene rings is 2. The molecule has 2 atom stereocenters. The molecule has 0 spiro atoms. The van der Waals surface area contributed by atoms with E-state index in [9.17, 15) is 18.0 Å². The van der Waals surface area contributed by atoms with Crippen molar-refractivity contribution in [3.8, 4) is 16.9 Å². The number of carbonyl (C=O) groups is 1. The summed E-state index contributed by atoms with van der Waals surface area (Å²) in [6, 6.07) is 12.1. The number of carbonyl (C=O) groups excluding carboxylic acids is 1. The van der Waals surface area contributed by atoms with E-state index in [1.165, 1.54) is 23.1 Å². The highest BCUT2D eigenvalue weighted by Gasteiger charge is 2.44. The Bertz CT molecular complexity index is 1510. The van der Waals surface area contributed by atoms with Crippen molar-refractivity contribution >= 4 is 17.5 Å². The van der Waals surface area contributed by atoms with Gasteiger partial charge in [-0.05, 0) is 56.0 Å². The zero-order valence-electron chi connectivity index (χ0n) is 19.8. The molecule has 1 saturated heterocycles. The van der Waals surface area contributed by atoms with Crippen LogP contribution in [0.5, 0.6) is 0 Å². The molecule has 0 N–H and O–H groups in total. The minimum absolute atomic E-state index is 0.0521. The largest absolute Gasteiger partial charge is 0.416 e. The number of aromatic nitrogens is 5. The molecule has 2 aromatic carbocycles. The number of halogens is 4. The fourth-order valence-corrected chi connectivity index (χ4v) is 5.76. The van der Waals surface area contributed by atoms with E-state index in [0.717, 1.165) is 53.9 Å². The van der Waals surface area contributed by atoms with Gasteiger partial charge in [-0.15, -0.1) is 5.10 Å². The van der Waals surface area contributed by atoms with Crippen molar-refractivity contribution < 1.29 is 18.0 Å². The molecule has 2 unspecified atom stereocenters. The molecule has 37 heavy (non-hydrogen) atoms. The minimum Gasteiger partial charge on any atom is -0.324 e. The summed E-state index contributed by atoms with van der Waals surface area (Å²) in [6.45, 7) is 0. The lowest BCUT2D eigenvalue weighted by atomic mass is 9.81. The van der Waals surface area contributed by atoms with Gasteiger partial charge in [0.15, 0.2) is 0 Å². The normalized spacial score (nSPS) is 19.1. The Balaban J connectivity index is 1.33. The van der Waals surface area contributed by atoms with Crippen molar-refractivity contribution in [1.82, 2.24) is 29.4 Å². The smallest absolute Gasteiger partial charge is 0.324 e. The van der Waals surface area contributed by atoms with Crippen molar-refractivity contribution in [2.24, 2.45) is 7.05 Å². The van der Waals surface area contributed by atoms with E-state index in [0.29, 0.717) is 11.4 Å². The molecule has 6 rings (SSSR count). The average Bonchev–Trinajstić information content (AvgIpc) is 3.48. The maximum absolute atomic E-state index is 13.7. The first-order chi connectivity index (χ1) is 17.7. The Morgan fingerprint density at radius 3 is 2.68 bits per heavy atom. The third-order valence-electron chi connectivity index (χ3n) is 7.13. The SMILES string of the molecule is Cn1nc2c(c1-c1cccc(Cl)c1)CC1CCCC2N1C(=O)c1ncn(-c2cccc(C(F)(F)F)c2)n1. The van der Waals surface area contributed by atoms with Gasteiger partial charge in [0.1, 0.15) is 6.33 Å². The van der Waals surface area contributed by atoms with E-state index in [2.05, 4.69) is 10.1 Å². The van der Waals surface area contributed by atoms with Gasteiger partial charge in [0.25, 0.3) is 5.91 Å². The molecule has 7 nitrogen and oxygen atoms in total. The molecule has 2 aliphatic rings. The minimum atomic E-state index is -4.48. The molecule has 2 aliphatic heterocycles. The number of hydrogen-bond acceptors (Lipinski definition) is 4. The lowest BCUT2D eigenvalue weighted by Crippen LogP contribution is -2.50. The van der Waals surface area contributed by atoms with Crippen molar-refractivity contribution in [3.05, 3.63) is 82.5 Å². The summed E-state index contributed by atoms with van der Waals surface area (Å²) >= 11 is 6.25. The molecule has 4 aromatic rings. The second kappa shape index (κ2) is 8.72. The standard InChI is InChI=1S/C26H22ClF3N6O/c1-34-23(15-5-2-7-17(27)11-15)20-13-19-9-4-10-21(22(20)32-34)36(19)25(37)24-31-14-35(33-24)18-8-3-6-16(12-18)26(28,29)30/h2-3,5-8,11-12,14,19,21H,4,9-10,13H2,1H3. The van der Waals surface area contributed by atoms with Crippen molar-refractivity contribution in [2.45, 2.75) is 43.9 Å². The Kier molecular flexibility index (Phi) is 5.59. The highest BCUT2D eigenvalue weighted by atomic mass is 35.5. The predicted molar refractivity (Wildman–Crippen MR) is 130 cm³/mol. The van der Waals surface area contributed by atoms with Gasteiger partial charge < -0.3 is 4.90 Å². The lowest BCUT2D eigenvalue weighted by molar-refractivity contribution is -0.137. The zero-order chi connectivity index (χ0) is 25.9. The van der Waals surface area contributed by atoms with Crippen LogP contribution in [0.15, 0.2) is 54.9 Å². The van der Waals surface area contributed by atoms with E-state index in [-0.39, 0.29) is 29.5 Å². The van der Waals surface area contributed by atoms with Gasteiger partial charge in [0.2, 0.25) is 5.82 Å². The van der Waals surface area contributed by atoms with Crippen LogP contribution in [0.3, 0.4) is 0 Å². The number of rotatable bonds is 3. The monoisotopic (exact) mass is 526 g/mol. The van der Waals surface area contributed by atoms with Crippen molar-refractivity contribution in [2.75, 3.05) is 0 Å². The summed E-state index contributed by atoms with van der Waals surface area (Å²) < 4.78 is 42.5. The van der Waals surface area contributed by atoms with Crippen molar-refractivity contribution in [1.29, 1.82) is 0 Å². The number of aryl methyl sites for hydroxylation is 1. The van der Waals surface area contributed by atoms with Gasteiger partial charge in [-0.3, -0.25) is 9.48 Å². The summed E-state index contributed by atoms with van der Waals surface area (Å²) in [4.78, 5) is 19.6. The molecule has 2 bridgehead atoms. The molecule has 190 valence electrons. The Labute approximate surface area is 215 Å². The van der Waals surface area contributed by atoms with Gasteiger partial charge in [0.05, 0.1) is 28.7 Å². The molecular weight excluding hydrogens is 505 g/mol. The number of amides is 1. The van der Waals surface area contributed by atoms with Crippen LogP contribution in [-0.4, -0.2) is 41.4 Å². The van der Waals surface area contributed by atoms with Gasteiger partial charge >= 0.3 is 6.18 Å². The molecule has 0 aliphatic carbocycles. The molecule has 0 saturated carbocycles. The van der Waals surface area contributed by atoms with E-state index < -0.39 is 11.7 Å².